The Morgan fingerprint density at radius 2 is 0.903 bits per heavy atom. The van der Waals surface area contributed by atoms with Gasteiger partial charge in [-0.15, -0.1) is 0 Å². The lowest BCUT2D eigenvalue weighted by molar-refractivity contribution is -0.0308. The fourth-order valence-electron chi connectivity index (χ4n) is 2.92. The summed E-state index contributed by atoms with van der Waals surface area (Å²) < 4.78 is 16.6. The molecule has 172 valence electrons. The zero-order chi connectivity index (χ0) is 23.1. The molecule has 2 atom stereocenters. The lowest BCUT2D eigenvalue weighted by Crippen LogP contribution is -2.28. The molecule has 2 aromatic carbocycles. The molecule has 0 aliphatic heterocycles. The van der Waals surface area contributed by atoms with Gasteiger partial charge in [0.05, 0.1) is 13.2 Å². The van der Waals surface area contributed by atoms with Crippen molar-refractivity contribution in [2.45, 2.75) is 64.6 Å². The molecule has 2 unspecified atom stereocenters. The molecular weight excluding hydrogens is 392 g/mol. The van der Waals surface area contributed by atoms with Crippen LogP contribution in [-0.2, 0) is 15.6 Å². The van der Waals surface area contributed by atoms with E-state index in [-0.39, 0.29) is 37.3 Å². The molecule has 0 spiro atoms. The zero-order valence-corrected chi connectivity index (χ0v) is 19.7. The highest BCUT2D eigenvalue weighted by molar-refractivity contribution is 5.32. The Bertz CT molecular complexity index is 702. The molecule has 0 aliphatic rings. The molecule has 2 aromatic rings. The maximum absolute atomic E-state index is 10.0. The van der Waals surface area contributed by atoms with E-state index in [0.29, 0.717) is 11.5 Å². The SMILES string of the molecule is CC(C)(C)c1ccc(OCC(O)COCC(O)COc2ccc(C(C)(C)C)cc2)cc1. The van der Waals surface area contributed by atoms with Gasteiger partial charge in [-0.25, -0.2) is 0 Å². The molecular formula is C26H38O5. The molecule has 5 heteroatoms. The Morgan fingerprint density at radius 3 is 1.19 bits per heavy atom. The van der Waals surface area contributed by atoms with Crippen LogP contribution in [0.25, 0.3) is 0 Å². The summed E-state index contributed by atoms with van der Waals surface area (Å²) in [6.45, 7) is 13.4. The van der Waals surface area contributed by atoms with Crippen molar-refractivity contribution in [2.75, 3.05) is 26.4 Å². The Balaban J connectivity index is 1.63. The predicted molar refractivity (Wildman–Crippen MR) is 124 cm³/mol. The van der Waals surface area contributed by atoms with Crippen molar-refractivity contribution in [3.8, 4) is 11.5 Å². The van der Waals surface area contributed by atoms with Crippen molar-refractivity contribution in [3.63, 3.8) is 0 Å². The lowest BCUT2D eigenvalue weighted by atomic mass is 9.87. The van der Waals surface area contributed by atoms with E-state index in [1.807, 2.05) is 48.5 Å². The Hall–Kier alpha value is -2.08. The Labute approximate surface area is 187 Å². The average Bonchev–Trinajstić information content (AvgIpc) is 2.70. The second kappa shape index (κ2) is 11.0. The molecule has 0 radical (unpaired) electrons. The first-order valence-corrected chi connectivity index (χ1v) is 10.9. The van der Waals surface area contributed by atoms with Crippen molar-refractivity contribution in [1.82, 2.24) is 0 Å². The van der Waals surface area contributed by atoms with Crippen LogP contribution in [0.5, 0.6) is 11.5 Å². The van der Waals surface area contributed by atoms with E-state index in [2.05, 4.69) is 41.5 Å². The summed E-state index contributed by atoms with van der Waals surface area (Å²) in [4.78, 5) is 0. The quantitative estimate of drug-likeness (QED) is 0.582. The maximum atomic E-state index is 10.0. The average molecular weight is 431 g/mol. The van der Waals surface area contributed by atoms with Crippen LogP contribution in [0.1, 0.15) is 52.7 Å². The van der Waals surface area contributed by atoms with Gasteiger partial charge in [0.2, 0.25) is 0 Å². The van der Waals surface area contributed by atoms with Gasteiger partial charge in [0.15, 0.2) is 0 Å². The topological polar surface area (TPSA) is 68.2 Å². The Morgan fingerprint density at radius 1 is 0.581 bits per heavy atom. The number of aliphatic hydroxyl groups is 2. The largest absolute Gasteiger partial charge is 0.491 e. The van der Waals surface area contributed by atoms with Crippen LogP contribution >= 0.6 is 0 Å². The summed E-state index contributed by atoms with van der Waals surface area (Å²) in [5, 5.41) is 20.1. The number of benzene rings is 2. The van der Waals surface area contributed by atoms with Gasteiger partial charge in [0, 0.05) is 0 Å². The van der Waals surface area contributed by atoms with E-state index in [1.165, 1.54) is 11.1 Å². The second-order valence-corrected chi connectivity index (χ2v) is 10.0. The first-order valence-electron chi connectivity index (χ1n) is 10.9. The summed E-state index contributed by atoms with van der Waals surface area (Å²) in [5.41, 5.74) is 2.63. The van der Waals surface area contributed by atoms with Crippen LogP contribution in [-0.4, -0.2) is 48.8 Å². The highest BCUT2D eigenvalue weighted by atomic mass is 16.5. The van der Waals surface area contributed by atoms with Crippen LogP contribution in [0.3, 0.4) is 0 Å². The van der Waals surface area contributed by atoms with Crippen molar-refractivity contribution in [1.29, 1.82) is 0 Å². The summed E-state index contributed by atoms with van der Waals surface area (Å²) in [7, 11) is 0. The van der Waals surface area contributed by atoms with Crippen molar-refractivity contribution in [2.24, 2.45) is 0 Å². The van der Waals surface area contributed by atoms with Crippen LogP contribution < -0.4 is 9.47 Å². The molecule has 31 heavy (non-hydrogen) atoms. The normalized spacial score (nSPS) is 14.2. The van der Waals surface area contributed by atoms with E-state index in [9.17, 15) is 10.2 Å². The predicted octanol–water partition coefficient (Wildman–Crippen LogP) is 4.48. The molecule has 2 N–H and O–H groups in total. The Kier molecular flexibility index (Phi) is 8.92. The molecule has 0 bridgehead atoms. The van der Waals surface area contributed by atoms with Crippen LogP contribution in [0.15, 0.2) is 48.5 Å². The maximum Gasteiger partial charge on any atom is 0.119 e. The number of rotatable bonds is 10. The minimum absolute atomic E-state index is 0.0808. The number of hydrogen-bond acceptors (Lipinski definition) is 5. The molecule has 0 heterocycles. The van der Waals surface area contributed by atoms with Gasteiger partial charge in [0.1, 0.15) is 36.9 Å². The number of aliphatic hydroxyl groups excluding tert-OH is 2. The van der Waals surface area contributed by atoms with Crippen molar-refractivity contribution in [3.05, 3.63) is 59.7 Å². The minimum atomic E-state index is -0.777. The molecule has 0 amide bonds. The first-order chi connectivity index (χ1) is 14.4. The van der Waals surface area contributed by atoms with Crippen LogP contribution in [0.4, 0.5) is 0 Å². The van der Waals surface area contributed by atoms with Gasteiger partial charge < -0.3 is 24.4 Å². The summed E-state index contributed by atoms with van der Waals surface area (Å²) in [6, 6.07) is 15.8. The third kappa shape index (κ3) is 8.90. The van der Waals surface area contributed by atoms with Gasteiger partial charge in [0.25, 0.3) is 0 Å². The van der Waals surface area contributed by atoms with Crippen LogP contribution in [0, 0.1) is 0 Å². The van der Waals surface area contributed by atoms with Gasteiger partial charge >= 0.3 is 0 Å². The van der Waals surface area contributed by atoms with Gasteiger partial charge in [-0.05, 0) is 46.2 Å². The fraction of sp³-hybridized carbons (Fsp3) is 0.538. The van der Waals surface area contributed by atoms with E-state index >= 15 is 0 Å². The van der Waals surface area contributed by atoms with Crippen LogP contribution in [0.2, 0.25) is 0 Å². The van der Waals surface area contributed by atoms with E-state index in [4.69, 9.17) is 14.2 Å². The third-order valence-electron chi connectivity index (χ3n) is 4.95. The molecule has 0 fully saturated rings. The minimum Gasteiger partial charge on any atom is -0.491 e. The van der Waals surface area contributed by atoms with Crippen molar-refractivity contribution < 1.29 is 24.4 Å². The van der Waals surface area contributed by atoms with Crippen molar-refractivity contribution >= 4 is 0 Å². The van der Waals surface area contributed by atoms with Gasteiger partial charge in [-0.2, -0.15) is 0 Å². The molecule has 5 nitrogen and oxygen atoms in total. The summed E-state index contributed by atoms with van der Waals surface area (Å²) >= 11 is 0. The van der Waals surface area contributed by atoms with Gasteiger partial charge in [-0.1, -0.05) is 65.8 Å². The standard InChI is InChI=1S/C26H38O5/c1-25(2,3)19-7-11-23(12-8-19)30-17-21(27)15-29-16-22(28)18-31-24-13-9-20(10-14-24)26(4,5)6/h7-14,21-22,27-28H,15-18H2,1-6H3. The molecule has 2 rings (SSSR count). The molecule has 0 saturated heterocycles. The summed E-state index contributed by atoms with van der Waals surface area (Å²) in [5.74, 6) is 1.41. The third-order valence-corrected chi connectivity index (χ3v) is 4.95. The monoisotopic (exact) mass is 430 g/mol. The second-order valence-electron chi connectivity index (χ2n) is 10.0. The molecule has 0 saturated carbocycles. The van der Waals surface area contributed by atoms with E-state index < -0.39 is 12.2 Å². The lowest BCUT2D eigenvalue weighted by Gasteiger charge is -2.20. The zero-order valence-electron chi connectivity index (χ0n) is 19.7. The number of hydrogen-bond donors (Lipinski definition) is 2. The number of ether oxygens (including phenoxy) is 3. The molecule has 0 aromatic heterocycles. The fourth-order valence-corrected chi connectivity index (χ4v) is 2.92. The molecule has 0 aliphatic carbocycles. The van der Waals surface area contributed by atoms with E-state index in [0.717, 1.165) is 0 Å². The van der Waals surface area contributed by atoms with E-state index in [1.54, 1.807) is 0 Å². The smallest absolute Gasteiger partial charge is 0.119 e. The summed E-state index contributed by atoms with van der Waals surface area (Å²) in [6.07, 6.45) is -1.55. The van der Waals surface area contributed by atoms with Gasteiger partial charge in [-0.3, -0.25) is 0 Å². The highest BCUT2D eigenvalue weighted by Crippen LogP contribution is 2.25. The highest BCUT2D eigenvalue weighted by Gasteiger charge is 2.15. The first kappa shape index (κ1) is 25.2.